The Morgan fingerprint density at radius 3 is 1.02 bits per heavy atom. The molecule has 0 atom stereocenters. The van der Waals surface area contributed by atoms with Crippen molar-refractivity contribution in [1.82, 2.24) is 19.9 Å². The summed E-state index contributed by atoms with van der Waals surface area (Å²) in [4.78, 5) is 20.5. The number of fused-ring (bicyclic) bond motifs is 8. The summed E-state index contributed by atoms with van der Waals surface area (Å²) in [5.41, 5.74) is 15.0. The second-order valence-corrected chi connectivity index (χ2v) is 11.6. The minimum atomic E-state index is 0.568. The Morgan fingerprint density at radius 1 is 0.370 bits per heavy atom. The summed E-state index contributed by atoms with van der Waals surface area (Å²) in [6, 6.07) is 40.6. The standard InChI is InChI=1S/C40H18N6/c41-19-23-15-31-33(17-29(23)21-7-3-1-4-8-21)45-39-27-13-14-28-36-26(12-11-25(35(27)36)37(39)43-31)38-40(28)46-34-18-30(22-9-5-2-6-10-22)24(20-42)16-32(34)44-38/h1-18H. The third kappa shape index (κ3) is 3.22. The molecule has 0 fully saturated rings. The maximum atomic E-state index is 10.00. The van der Waals surface area contributed by atoms with E-state index in [0.29, 0.717) is 22.2 Å². The van der Waals surface area contributed by atoms with E-state index in [1.54, 1.807) is 0 Å². The molecule has 46 heavy (non-hydrogen) atoms. The fraction of sp³-hybridized carbons (Fsp3) is 0. The van der Waals surface area contributed by atoms with Crippen LogP contribution >= 0.6 is 0 Å². The summed E-state index contributed by atoms with van der Waals surface area (Å²) in [6.45, 7) is 0. The number of hydrogen-bond acceptors (Lipinski definition) is 6. The first kappa shape index (κ1) is 24.7. The van der Waals surface area contributed by atoms with Crippen LogP contribution in [-0.4, -0.2) is 19.9 Å². The normalized spacial score (nSPS) is 11.9. The topological polar surface area (TPSA) is 99.1 Å². The summed E-state index contributed by atoms with van der Waals surface area (Å²) in [6.07, 6.45) is 0. The van der Waals surface area contributed by atoms with Gasteiger partial charge in [0.1, 0.15) is 0 Å². The Bertz CT molecular complexity index is 2560. The molecular formula is C40H18N6. The van der Waals surface area contributed by atoms with Gasteiger partial charge in [0.15, 0.2) is 0 Å². The number of hydrogen-bond donors (Lipinski definition) is 0. The van der Waals surface area contributed by atoms with E-state index in [1.165, 1.54) is 0 Å². The lowest BCUT2D eigenvalue weighted by Crippen LogP contribution is -1.94. The van der Waals surface area contributed by atoms with Gasteiger partial charge in [-0.15, -0.1) is 0 Å². The number of rotatable bonds is 2. The van der Waals surface area contributed by atoms with Crippen LogP contribution in [0.4, 0.5) is 0 Å². The van der Waals surface area contributed by atoms with Gasteiger partial charge in [0.25, 0.3) is 0 Å². The lowest BCUT2D eigenvalue weighted by molar-refractivity contribution is 1.31. The largest absolute Gasteiger partial charge is 0.244 e. The van der Waals surface area contributed by atoms with Gasteiger partial charge in [-0.2, -0.15) is 10.5 Å². The van der Waals surface area contributed by atoms with Crippen LogP contribution in [0, 0.1) is 22.7 Å². The molecule has 0 saturated heterocycles. The predicted molar refractivity (Wildman–Crippen MR) is 179 cm³/mol. The quantitative estimate of drug-likeness (QED) is 0.202. The van der Waals surface area contributed by atoms with E-state index in [4.69, 9.17) is 19.9 Å². The Kier molecular flexibility index (Phi) is 4.76. The van der Waals surface area contributed by atoms with Gasteiger partial charge in [-0.25, -0.2) is 19.9 Å². The molecule has 6 nitrogen and oxygen atoms in total. The Morgan fingerprint density at radius 2 is 0.696 bits per heavy atom. The van der Waals surface area contributed by atoms with E-state index in [1.807, 2.05) is 84.9 Å². The smallest absolute Gasteiger partial charge is 0.0999 e. The van der Waals surface area contributed by atoms with Crippen molar-refractivity contribution in [2.24, 2.45) is 0 Å². The summed E-state index contributed by atoms with van der Waals surface area (Å²) >= 11 is 0. The van der Waals surface area contributed by atoms with Gasteiger partial charge in [-0.05, 0) is 35.4 Å². The molecule has 2 aliphatic rings. The molecule has 6 aromatic carbocycles. The van der Waals surface area contributed by atoms with Gasteiger partial charge in [0, 0.05) is 44.2 Å². The number of benzene rings is 6. The van der Waals surface area contributed by atoms with Crippen LogP contribution in [0.2, 0.25) is 0 Å². The predicted octanol–water partition coefficient (Wildman–Crippen LogP) is 9.10. The van der Waals surface area contributed by atoms with Crippen molar-refractivity contribution in [3.8, 4) is 79.4 Å². The van der Waals surface area contributed by atoms with Crippen LogP contribution in [0.5, 0.6) is 0 Å². The van der Waals surface area contributed by atoms with Crippen LogP contribution in [0.3, 0.4) is 0 Å². The van der Waals surface area contributed by atoms with Crippen molar-refractivity contribution in [1.29, 1.82) is 10.5 Å². The maximum absolute atomic E-state index is 10.00. The lowest BCUT2D eigenvalue weighted by atomic mass is 9.99. The van der Waals surface area contributed by atoms with E-state index in [2.05, 4.69) is 36.4 Å². The van der Waals surface area contributed by atoms with Gasteiger partial charge in [-0.1, -0.05) is 84.9 Å². The first-order valence-corrected chi connectivity index (χ1v) is 14.9. The highest BCUT2D eigenvalue weighted by Gasteiger charge is 2.33. The van der Waals surface area contributed by atoms with E-state index >= 15 is 0 Å². The first-order chi connectivity index (χ1) is 22.7. The van der Waals surface area contributed by atoms with Crippen LogP contribution < -0.4 is 0 Å². The molecular weight excluding hydrogens is 564 g/mol. The molecule has 0 saturated carbocycles. The van der Waals surface area contributed by atoms with Crippen LogP contribution in [0.1, 0.15) is 11.1 Å². The molecule has 0 bridgehead atoms. The molecule has 8 aromatic rings. The minimum absolute atomic E-state index is 0.568. The van der Waals surface area contributed by atoms with Crippen molar-refractivity contribution >= 4 is 32.8 Å². The van der Waals surface area contributed by atoms with Crippen LogP contribution in [0.15, 0.2) is 109 Å². The van der Waals surface area contributed by atoms with Gasteiger partial charge in [0.05, 0.1) is 68.1 Å². The zero-order chi connectivity index (χ0) is 30.5. The second-order valence-electron chi connectivity index (χ2n) is 11.6. The van der Waals surface area contributed by atoms with Gasteiger partial charge < -0.3 is 0 Å². The SMILES string of the molecule is N#Cc1cc2nc3c(nc2cc1-c1ccccc1)-c1ccc2c4c(ccc-3c14)-c1nc3cc(C#N)c(-c4ccccc4)cc3nc1-2. The van der Waals surface area contributed by atoms with Crippen molar-refractivity contribution in [2.45, 2.75) is 0 Å². The molecule has 2 aromatic heterocycles. The molecule has 0 aliphatic heterocycles. The number of aromatic nitrogens is 4. The number of nitriles is 2. The highest BCUT2D eigenvalue weighted by Crippen LogP contribution is 2.54. The molecule has 6 heteroatoms. The van der Waals surface area contributed by atoms with Gasteiger partial charge in [-0.3, -0.25) is 0 Å². The fourth-order valence-electron chi connectivity index (χ4n) is 7.14. The van der Waals surface area contributed by atoms with Crippen molar-refractivity contribution in [3.05, 3.63) is 120 Å². The molecule has 0 unspecified atom stereocenters. The fourth-order valence-corrected chi connectivity index (χ4v) is 7.14. The summed E-state index contributed by atoms with van der Waals surface area (Å²) < 4.78 is 0. The average molecular weight is 583 g/mol. The zero-order valence-corrected chi connectivity index (χ0v) is 24.1. The van der Waals surface area contributed by atoms with Crippen molar-refractivity contribution in [3.63, 3.8) is 0 Å². The first-order valence-electron chi connectivity index (χ1n) is 14.9. The monoisotopic (exact) mass is 582 g/mol. The summed E-state index contributed by atoms with van der Waals surface area (Å²) in [5, 5.41) is 22.2. The Balaban J connectivity index is 1.18. The third-order valence-corrected chi connectivity index (χ3v) is 9.20. The van der Waals surface area contributed by atoms with E-state index in [9.17, 15) is 10.5 Å². The molecule has 0 amide bonds. The Hall–Kier alpha value is -6.76. The minimum Gasteiger partial charge on any atom is -0.244 e. The van der Waals surface area contributed by atoms with E-state index in [-0.39, 0.29) is 0 Å². The van der Waals surface area contributed by atoms with Crippen molar-refractivity contribution < 1.29 is 0 Å². The molecule has 208 valence electrons. The lowest BCUT2D eigenvalue weighted by Gasteiger charge is -2.09. The second kappa shape index (κ2) is 8.89. The molecule has 0 N–H and O–H groups in total. The Labute approximate surface area is 262 Å². The highest BCUT2D eigenvalue weighted by molar-refractivity contribution is 6.25. The van der Waals surface area contributed by atoms with Crippen molar-refractivity contribution in [2.75, 3.05) is 0 Å². The third-order valence-electron chi connectivity index (χ3n) is 9.20. The van der Waals surface area contributed by atoms with E-state index in [0.717, 1.165) is 89.1 Å². The molecule has 0 radical (unpaired) electrons. The van der Waals surface area contributed by atoms with E-state index < -0.39 is 0 Å². The summed E-state index contributed by atoms with van der Waals surface area (Å²) in [7, 11) is 0. The van der Waals surface area contributed by atoms with Gasteiger partial charge in [0.2, 0.25) is 0 Å². The highest BCUT2D eigenvalue weighted by atomic mass is 14.9. The van der Waals surface area contributed by atoms with Crippen LogP contribution in [0.25, 0.3) is 100 Å². The molecule has 0 spiro atoms. The van der Waals surface area contributed by atoms with Crippen LogP contribution in [-0.2, 0) is 0 Å². The molecule has 2 aliphatic carbocycles. The maximum Gasteiger partial charge on any atom is 0.0999 e. The molecule has 10 rings (SSSR count). The number of nitrogens with zero attached hydrogens (tertiary/aromatic N) is 6. The average Bonchev–Trinajstić information content (AvgIpc) is 3.60. The van der Waals surface area contributed by atoms with Gasteiger partial charge >= 0.3 is 0 Å². The zero-order valence-electron chi connectivity index (χ0n) is 24.1. The molecule has 2 heterocycles. The summed E-state index contributed by atoms with van der Waals surface area (Å²) in [5.74, 6) is 0.